The number of sulfone groups is 1. The summed E-state index contributed by atoms with van der Waals surface area (Å²) in [5, 5.41) is 6.30. The summed E-state index contributed by atoms with van der Waals surface area (Å²) in [7, 11) is -3.10. The van der Waals surface area contributed by atoms with Crippen LogP contribution in [0.2, 0.25) is 0 Å². The van der Waals surface area contributed by atoms with Crippen LogP contribution in [0.25, 0.3) is 0 Å². The number of nitrogens with zero attached hydrogens (tertiary/aromatic N) is 1. The Labute approximate surface area is 178 Å². The molecule has 0 fully saturated rings. The average Bonchev–Trinajstić information content (AvgIpc) is 2.70. The van der Waals surface area contributed by atoms with Gasteiger partial charge in [-0.1, -0.05) is 25.1 Å². The van der Waals surface area contributed by atoms with Gasteiger partial charge in [0.25, 0.3) is 0 Å². The van der Waals surface area contributed by atoms with Crippen molar-refractivity contribution in [2.75, 3.05) is 29.9 Å². The number of benzene rings is 2. The molecule has 0 atom stereocenters. The van der Waals surface area contributed by atoms with Crippen molar-refractivity contribution in [2.45, 2.75) is 33.3 Å². The van der Waals surface area contributed by atoms with Gasteiger partial charge in [-0.3, -0.25) is 4.99 Å². The zero-order valence-electron chi connectivity index (χ0n) is 17.7. The molecule has 2 N–H and O–H groups in total. The highest BCUT2D eigenvalue weighted by Crippen LogP contribution is 2.17. The molecule has 6 nitrogen and oxygen atoms in total. The Hall–Kier alpha value is -2.61. The molecular formula is C22H30FN3O3S. The molecule has 0 spiro atoms. The summed E-state index contributed by atoms with van der Waals surface area (Å²) in [6.45, 7) is 6.12. The van der Waals surface area contributed by atoms with Gasteiger partial charge in [0, 0.05) is 18.0 Å². The van der Waals surface area contributed by atoms with Crippen LogP contribution in [-0.4, -0.2) is 45.1 Å². The summed E-state index contributed by atoms with van der Waals surface area (Å²) in [6.07, 6.45) is 0.559. The van der Waals surface area contributed by atoms with Gasteiger partial charge < -0.3 is 15.4 Å². The van der Waals surface area contributed by atoms with Crippen LogP contribution in [0.5, 0.6) is 5.75 Å². The van der Waals surface area contributed by atoms with Gasteiger partial charge >= 0.3 is 0 Å². The molecule has 2 aromatic carbocycles. The number of hydrogen-bond acceptors (Lipinski definition) is 4. The third-order valence-electron chi connectivity index (χ3n) is 4.25. The molecular weight excluding hydrogens is 405 g/mol. The van der Waals surface area contributed by atoms with E-state index >= 15 is 0 Å². The molecule has 2 aromatic rings. The first-order valence-electron chi connectivity index (χ1n) is 10.0. The van der Waals surface area contributed by atoms with E-state index < -0.39 is 9.84 Å². The second kappa shape index (κ2) is 11.5. The molecule has 0 aliphatic rings. The first-order valence-corrected chi connectivity index (χ1v) is 11.9. The summed E-state index contributed by atoms with van der Waals surface area (Å²) in [5.74, 6) is 1.01. The monoisotopic (exact) mass is 435 g/mol. The lowest BCUT2D eigenvalue weighted by Crippen LogP contribution is -2.33. The minimum atomic E-state index is -3.10. The second-order valence-corrected chi connectivity index (χ2v) is 9.52. The van der Waals surface area contributed by atoms with Crippen molar-refractivity contribution in [1.29, 1.82) is 0 Å². The number of anilines is 1. The first kappa shape index (κ1) is 23.7. The van der Waals surface area contributed by atoms with Crippen molar-refractivity contribution in [3.05, 3.63) is 59.9 Å². The smallest absolute Gasteiger partial charge is 0.195 e. The number of hydrogen-bond donors (Lipinski definition) is 2. The van der Waals surface area contributed by atoms with E-state index in [2.05, 4.69) is 15.6 Å². The van der Waals surface area contributed by atoms with E-state index in [1.807, 2.05) is 38.1 Å². The van der Waals surface area contributed by atoms with E-state index in [0.29, 0.717) is 24.5 Å². The molecule has 164 valence electrons. The van der Waals surface area contributed by atoms with Gasteiger partial charge in [0.15, 0.2) is 15.8 Å². The van der Waals surface area contributed by atoms with Crippen molar-refractivity contribution in [2.24, 2.45) is 4.99 Å². The molecule has 0 aliphatic heterocycles. The van der Waals surface area contributed by atoms with Gasteiger partial charge in [0.05, 0.1) is 18.4 Å². The highest BCUT2D eigenvalue weighted by atomic mass is 32.2. The fourth-order valence-electron chi connectivity index (χ4n) is 2.62. The fourth-order valence-corrected chi connectivity index (χ4v) is 3.28. The van der Waals surface area contributed by atoms with Gasteiger partial charge in [-0.05, 0) is 56.2 Å². The van der Waals surface area contributed by atoms with Crippen LogP contribution in [0, 0.1) is 5.82 Å². The zero-order chi connectivity index (χ0) is 22.0. The molecule has 2 rings (SSSR count). The van der Waals surface area contributed by atoms with Gasteiger partial charge in [0.1, 0.15) is 11.6 Å². The van der Waals surface area contributed by atoms with Crippen molar-refractivity contribution in [3.8, 4) is 5.75 Å². The van der Waals surface area contributed by atoms with Crippen LogP contribution >= 0.6 is 0 Å². The summed E-state index contributed by atoms with van der Waals surface area (Å²) in [5.41, 5.74) is 1.38. The molecule has 0 saturated heterocycles. The summed E-state index contributed by atoms with van der Waals surface area (Å²) in [4.78, 5) is 4.37. The molecule has 0 amide bonds. The Morgan fingerprint density at radius 3 is 2.47 bits per heavy atom. The molecule has 0 unspecified atom stereocenters. The summed E-state index contributed by atoms with van der Waals surface area (Å²) >= 11 is 0. The lowest BCUT2D eigenvalue weighted by Gasteiger charge is -2.14. The SMILES string of the molecule is CCS(=O)(=O)CCN=C(NCCc1ccccc1F)Nc1ccc(OC(C)C)cc1. The topological polar surface area (TPSA) is 79.8 Å². The quantitative estimate of drug-likeness (QED) is 0.440. The Bertz CT molecular complexity index is 929. The van der Waals surface area contributed by atoms with Crippen molar-refractivity contribution in [3.63, 3.8) is 0 Å². The minimum Gasteiger partial charge on any atom is -0.491 e. The number of aliphatic imine (C=N–C) groups is 1. The van der Waals surface area contributed by atoms with Crippen LogP contribution in [0.3, 0.4) is 0 Å². The zero-order valence-corrected chi connectivity index (χ0v) is 18.5. The highest BCUT2D eigenvalue weighted by molar-refractivity contribution is 7.91. The van der Waals surface area contributed by atoms with Crippen LogP contribution in [0.4, 0.5) is 10.1 Å². The van der Waals surface area contributed by atoms with E-state index in [4.69, 9.17) is 4.74 Å². The molecule has 0 aromatic heterocycles. The number of halogens is 1. The molecule has 0 saturated carbocycles. The molecule has 8 heteroatoms. The van der Waals surface area contributed by atoms with Crippen LogP contribution in [-0.2, 0) is 16.3 Å². The third kappa shape index (κ3) is 8.41. The fraction of sp³-hybridized carbons (Fsp3) is 0.409. The predicted octanol–water partition coefficient (Wildman–Crippen LogP) is 3.65. The van der Waals surface area contributed by atoms with Gasteiger partial charge in [-0.15, -0.1) is 0 Å². The maximum absolute atomic E-state index is 13.8. The standard InChI is InChI=1S/C22H30FN3O3S/c1-4-30(27,28)16-15-25-22(24-14-13-18-7-5-6-8-21(18)23)26-19-9-11-20(12-10-19)29-17(2)3/h5-12,17H,4,13-16H2,1-3H3,(H2,24,25,26). The maximum Gasteiger partial charge on any atom is 0.195 e. The van der Waals surface area contributed by atoms with Crippen LogP contribution in [0.15, 0.2) is 53.5 Å². The lowest BCUT2D eigenvalue weighted by atomic mass is 10.1. The average molecular weight is 436 g/mol. The van der Waals surface area contributed by atoms with E-state index in [-0.39, 0.29) is 30.0 Å². The van der Waals surface area contributed by atoms with Crippen LogP contribution in [0.1, 0.15) is 26.3 Å². The van der Waals surface area contributed by atoms with E-state index in [0.717, 1.165) is 11.4 Å². The Balaban J connectivity index is 2.03. The number of rotatable bonds is 10. The third-order valence-corrected chi connectivity index (χ3v) is 5.93. The van der Waals surface area contributed by atoms with E-state index in [1.54, 1.807) is 25.1 Å². The first-order chi connectivity index (χ1) is 14.3. The van der Waals surface area contributed by atoms with Gasteiger partial charge in [-0.25, -0.2) is 12.8 Å². The second-order valence-electron chi connectivity index (χ2n) is 7.05. The van der Waals surface area contributed by atoms with Crippen molar-refractivity contribution < 1.29 is 17.5 Å². The van der Waals surface area contributed by atoms with Gasteiger partial charge in [0.2, 0.25) is 0 Å². The maximum atomic E-state index is 13.8. The molecule has 30 heavy (non-hydrogen) atoms. The van der Waals surface area contributed by atoms with Gasteiger partial charge in [-0.2, -0.15) is 0 Å². The Morgan fingerprint density at radius 1 is 1.13 bits per heavy atom. The number of ether oxygens (including phenoxy) is 1. The molecule has 0 aliphatic carbocycles. The lowest BCUT2D eigenvalue weighted by molar-refractivity contribution is 0.242. The van der Waals surface area contributed by atoms with Crippen molar-refractivity contribution >= 4 is 21.5 Å². The van der Waals surface area contributed by atoms with Crippen LogP contribution < -0.4 is 15.4 Å². The van der Waals surface area contributed by atoms with E-state index in [1.165, 1.54) is 6.07 Å². The summed E-state index contributed by atoms with van der Waals surface area (Å²) in [6, 6.07) is 14.0. The predicted molar refractivity (Wildman–Crippen MR) is 121 cm³/mol. The molecule has 0 bridgehead atoms. The summed E-state index contributed by atoms with van der Waals surface area (Å²) < 4.78 is 42.9. The Kier molecular flexibility index (Phi) is 9.11. The molecule has 0 radical (unpaired) electrons. The molecule has 0 heterocycles. The number of nitrogens with one attached hydrogen (secondary N) is 2. The van der Waals surface area contributed by atoms with Crippen molar-refractivity contribution in [1.82, 2.24) is 5.32 Å². The highest BCUT2D eigenvalue weighted by Gasteiger charge is 2.08. The minimum absolute atomic E-state index is 0.0230. The number of guanidine groups is 1. The normalized spacial score (nSPS) is 12.1. The largest absolute Gasteiger partial charge is 0.491 e. The Morgan fingerprint density at radius 2 is 1.83 bits per heavy atom. The van der Waals surface area contributed by atoms with E-state index in [9.17, 15) is 12.8 Å².